The van der Waals surface area contributed by atoms with E-state index in [1.54, 1.807) is 25.2 Å². The normalized spacial score (nSPS) is 11.1. The minimum atomic E-state index is -0.491. The summed E-state index contributed by atoms with van der Waals surface area (Å²) >= 11 is 1.17. The Balaban J connectivity index is 1.61. The standard InChI is InChI=1S/C23H22N4O4S/c1-4-31-22(30)19-13(2)20-21(29)25-26-23(27(20)14(19)3)32-12-18(28)24-17-11-7-9-15-8-5-6-10-16(15)17/h5-11H,4,12H2,1-3H3,(H,24,28)(H,25,29). The van der Waals surface area contributed by atoms with Crippen LogP contribution in [0.4, 0.5) is 5.69 Å². The zero-order valence-corrected chi connectivity index (χ0v) is 18.7. The number of carbonyl (C=O) groups is 2. The van der Waals surface area contributed by atoms with E-state index in [-0.39, 0.29) is 18.3 Å². The van der Waals surface area contributed by atoms with Gasteiger partial charge in [-0.1, -0.05) is 48.2 Å². The van der Waals surface area contributed by atoms with Crippen LogP contribution in [0.5, 0.6) is 0 Å². The van der Waals surface area contributed by atoms with E-state index >= 15 is 0 Å². The zero-order chi connectivity index (χ0) is 22.8. The van der Waals surface area contributed by atoms with Gasteiger partial charge in [0.1, 0.15) is 5.52 Å². The van der Waals surface area contributed by atoms with Crippen molar-refractivity contribution in [3.05, 3.63) is 69.6 Å². The van der Waals surface area contributed by atoms with Gasteiger partial charge < -0.3 is 10.1 Å². The molecule has 0 aliphatic heterocycles. The molecule has 0 radical (unpaired) electrons. The maximum Gasteiger partial charge on any atom is 0.340 e. The first-order valence-corrected chi connectivity index (χ1v) is 11.1. The highest BCUT2D eigenvalue weighted by molar-refractivity contribution is 7.99. The van der Waals surface area contributed by atoms with Crippen molar-refractivity contribution in [2.75, 3.05) is 17.7 Å². The Morgan fingerprint density at radius 3 is 2.69 bits per heavy atom. The maximum absolute atomic E-state index is 12.7. The highest BCUT2D eigenvalue weighted by atomic mass is 32.2. The van der Waals surface area contributed by atoms with Gasteiger partial charge in [-0.3, -0.25) is 14.0 Å². The molecule has 4 rings (SSSR count). The first-order valence-electron chi connectivity index (χ1n) is 10.1. The SMILES string of the molecule is CCOC(=O)c1c(C)c2c(=O)[nH]nc(SCC(=O)Nc3cccc4ccccc34)n2c1C. The summed E-state index contributed by atoms with van der Waals surface area (Å²) in [6.07, 6.45) is 0. The van der Waals surface area contributed by atoms with Crippen molar-refractivity contribution >= 4 is 45.6 Å². The van der Waals surface area contributed by atoms with E-state index in [1.807, 2.05) is 42.5 Å². The molecule has 2 N–H and O–H groups in total. The number of aromatic amines is 1. The number of H-pyrrole nitrogens is 1. The lowest BCUT2D eigenvalue weighted by atomic mass is 10.1. The molecule has 32 heavy (non-hydrogen) atoms. The maximum atomic E-state index is 12.7. The molecule has 2 aromatic carbocycles. The van der Waals surface area contributed by atoms with E-state index in [2.05, 4.69) is 15.5 Å². The fraction of sp³-hybridized carbons (Fsp3) is 0.217. The van der Waals surface area contributed by atoms with Gasteiger partial charge in [0.2, 0.25) is 5.91 Å². The summed E-state index contributed by atoms with van der Waals surface area (Å²) in [5.41, 5.74) is 2.04. The zero-order valence-electron chi connectivity index (χ0n) is 17.9. The van der Waals surface area contributed by atoms with Crippen molar-refractivity contribution in [2.45, 2.75) is 25.9 Å². The molecule has 2 aromatic heterocycles. The number of nitrogens with zero attached hydrogens (tertiary/aromatic N) is 2. The van der Waals surface area contributed by atoms with Gasteiger partial charge in [0.15, 0.2) is 5.16 Å². The molecule has 9 heteroatoms. The molecule has 1 amide bonds. The molecule has 8 nitrogen and oxygen atoms in total. The van der Waals surface area contributed by atoms with Gasteiger partial charge >= 0.3 is 5.97 Å². The number of ether oxygens (including phenoxy) is 1. The number of thioether (sulfide) groups is 1. The molecular weight excluding hydrogens is 428 g/mol. The van der Waals surface area contributed by atoms with Crippen molar-refractivity contribution in [2.24, 2.45) is 0 Å². The van der Waals surface area contributed by atoms with Crippen molar-refractivity contribution in [1.82, 2.24) is 14.6 Å². The number of carbonyl (C=O) groups excluding carboxylic acids is 2. The molecule has 0 atom stereocenters. The van der Waals surface area contributed by atoms with E-state index in [0.717, 1.165) is 16.5 Å². The van der Waals surface area contributed by atoms with Crippen LogP contribution in [0, 0.1) is 13.8 Å². The van der Waals surface area contributed by atoms with E-state index < -0.39 is 11.5 Å². The van der Waals surface area contributed by atoms with Crippen LogP contribution < -0.4 is 10.9 Å². The molecule has 4 aromatic rings. The van der Waals surface area contributed by atoms with Gasteiger partial charge in [0.05, 0.1) is 17.9 Å². The van der Waals surface area contributed by atoms with E-state index in [0.29, 0.717) is 27.5 Å². The number of amides is 1. The number of esters is 1. The molecule has 0 saturated heterocycles. The number of aromatic nitrogens is 3. The molecule has 0 spiro atoms. The summed E-state index contributed by atoms with van der Waals surface area (Å²) in [6.45, 7) is 5.39. The first kappa shape index (κ1) is 21.6. The number of nitrogens with one attached hydrogen (secondary N) is 2. The summed E-state index contributed by atoms with van der Waals surface area (Å²) in [5.74, 6) is -0.627. The summed E-state index contributed by atoms with van der Waals surface area (Å²) in [7, 11) is 0. The molecule has 0 saturated carbocycles. The number of hydrogen-bond acceptors (Lipinski definition) is 6. The van der Waals surface area contributed by atoms with Crippen LogP contribution >= 0.6 is 11.8 Å². The Labute approximate surface area is 188 Å². The van der Waals surface area contributed by atoms with Crippen LogP contribution in [-0.4, -0.2) is 38.8 Å². The molecule has 0 bridgehead atoms. The highest BCUT2D eigenvalue weighted by Gasteiger charge is 2.24. The second-order valence-corrected chi connectivity index (χ2v) is 8.13. The molecule has 164 valence electrons. The van der Waals surface area contributed by atoms with Gasteiger partial charge in [-0.25, -0.2) is 9.89 Å². The monoisotopic (exact) mass is 450 g/mol. The largest absolute Gasteiger partial charge is 0.462 e. The summed E-state index contributed by atoms with van der Waals surface area (Å²) in [5, 5.41) is 11.9. The topological polar surface area (TPSA) is 106 Å². The van der Waals surface area contributed by atoms with Crippen molar-refractivity contribution < 1.29 is 14.3 Å². The van der Waals surface area contributed by atoms with E-state index in [1.165, 1.54) is 11.8 Å². The molecule has 0 aliphatic carbocycles. The number of hydrogen-bond donors (Lipinski definition) is 2. The second kappa shape index (κ2) is 8.88. The fourth-order valence-corrected chi connectivity index (χ4v) is 4.60. The summed E-state index contributed by atoms with van der Waals surface area (Å²) in [6, 6.07) is 13.5. The third-order valence-corrected chi connectivity index (χ3v) is 6.12. The Kier molecular flexibility index (Phi) is 6.00. The van der Waals surface area contributed by atoms with Crippen LogP contribution in [0.25, 0.3) is 16.3 Å². The fourth-order valence-electron chi connectivity index (χ4n) is 3.80. The lowest BCUT2D eigenvalue weighted by Gasteiger charge is -2.09. The Bertz CT molecular complexity index is 1400. The minimum Gasteiger partial charge on any atom is -0.462 e. The number of rotatable bonds is 6. The van der Waals surface area contributed by atoms with Gasteiger partial charge in [0.25, 0.3) is 5.56 Å². The Morgan fingerprint density at radius 2 is 1.91 bits per heavy atom. The van der Waals surface area contributed by atoms with Gasteiger partial charge in [0, 0.05) is 16.8 Å². The van der Waals surface area contributed by atoms with Crippen LogP contribution in [0.1, 0.15) is 28.5 Å². The quantitative estimate of drug-likeness (QED) is 0.343. The average Bonchev–Trinajstić information content (AvgIpc) is 3.05. The third kappa shape index (κ3) is 3.87. The summed E-state index contributed by atoms with van der Waals surface area (Å²) in [4.78, 5) is 37.5. The smallest absolute Gasteiger partial charge is 0.340 e. The number of fused-ring (bicyclic) bond motifs is 2. The van der Waals surface area contributed by atoms with Crippen molar-refractivity contribution in [1.29, 1.82) is 0 Å². The van der Waals surface area contributed by atoms with Gasteiger partial charge in [-0.15, -0.1) is 5.10 Å². The first-order chi connectivity index (χ1) is 15.4. The average molecular weight is 451 g/mol. The minimum absolute atomic E-state index is 0.0722. The van der Waals surface area contributed by atoms with Crippen LogP contribution in [0.15, 0.2) is 52.4 Å². The predicted octanol–water partition coefficient (Wildman–Crippen LogP) is 3.70. The van der Waals surface area contributed by atoms with Gasteiger partial charge in [-0.2, -0.15) is 0 Å². The highest BCUT2D eigenvalue weighted by Crippen LogP contribution is 2.27. The Morgan fingerprint density at radius 1 is 1.16 bits per heavy atom. The third-order valence-electron chi connectivity index (χ3n) is 5.19. The van der Waals surface area contributed by atoms with Crippen molar-refractivity contribution in [3.63, 3.8) is 0 Å². The molecule has 0 aliphatic rings. The van der Waals surface area contributed by atoms with Crippen LogP contribution in [0.2, 0.25) is 0 Å². The lowest BCUT2D eigenvalue weighted by molar-refractivity contribution is -0.113. The predicted molar refractivity (Wildman–Crippen MR) is 125 cm³/mol. The molecule has 0 unspecified atom stereocenters. The van der Waals surface area contributed by atoms with Crippen LogP contribution in [-0.2, 0) is 9.53 Å². The van der Waals surface area contributed by atoms with Gasteiger partial charge in [-0.05, 0) is 37.8 Å². The van der Waals surface area contributed by atoms with Crippen LogP contribution in [0.3, 0.4) is 0 Å². The Hall–Kier alpha value is -3.59. The lowest BCUT2D eigenvalue weighted by Crippen LogP contribution is -2.17. The molecule has 0 fully saturated rings. The summed E-state index contributed by atoms with van der Waals surface area (Å²) < 4.78 is 6.75. The van der Waals surface area contributed by atoms with E-state index in [9.17, 15) is 14.4 Å². The second-order valence-electron chi connectivity index (χ2n) is 7.19. The number of anilines is 1. The van der Waals surface area contributed by atoms with Crippen molar-refractivity contribution in [3.8, 4) is 0 Å². The molecular formula is C23H22N4O4S. The van der Waals surface area contributed by atoms with E-state index in [4.69, 9.17) is 4.74 Å². The number of aryl methyl sites for hydroxylation is 2. The molecule has 2 heterocycles. The number of benzene rings is 2.